The van der Waals surface area contributed by atoms with Crippen molar-refractivity contribution in [3.8, 4) is 23.0 Å². The highest BCUT2D eigenvalue weighted by molar-refractivity contribution is 6.35. The van der Waals surface area contributed by atoms with E-state index < -0.39 is 17.7 Å². The van der Waals surface area contributed by atoms with Gasteiger partial charge in [-0.05, 0) is 6.92 Å². The molecule has 2 rings (SSSR count). The van der Waals surface area contributed by atoms with Crippen LogP contribution in [0.25, 0.3) is 0 Å². The molecule has 2 aromatic carbocycles. The number of nitrogens with one attached hydrogen (secondary N) is 1. The Labute approximate surface area is 189 Å². The van der Waals surface area contributed by atoms with E-state index in [2.05, 4.69) is 15.5 Å². The van der Waals surface area contributed by atoms with Gasteiger partial charge in [0.1, 0.15) is 22.2 Å². The molecule has 11 heteroatoms. The van der Waals surface area contributed by atoms with Crippen LogP contribution in [0.15, 0.2) is 34.5 Å². The molecular weight excluding hydrogens is 449 g/mol. The second kappa shape index (κ2) is 10.8. The molecule has 0 bridgehead atoms. The first-order valence-electron chi connectivity index (χ1n) is 8.80. The molecule has 0 saturated carbocycles. The third-order valence-electron chi connectivity index (χ3n) is 4.09. The number of halogens is 2. The molecule has 0 aliphatic heterocycles. The molecule has 1 amide bonds. The molecule has 0 radical (unpaired) electrons. The second-order valence-electron chi connectivity index (χ2n) is 6.07. The molecule has 31 heavy (non-hydrogen) atoms. The van der Waals surface area contributed by atoms with Gasteiger partial charge in [-0.25, -0.2) is 0 Å². The normalized spacial score (nSPS) is 11.7. The summed E-state index contributed by atoms with van der Waals surface area (Å²) >= 11 is 12.4. The zero-order valence-corrected chi connectivity index (χ0v) is 19.0. The number of methoxy groups -OCH3 is 4. The molecule has 1 atom stereocenters. The number of amides is 1. The number of hydrogen-bond donors (Lipinski definition) is 1. The minimum atomic E-state index is -1.45. The van der Waals surface area contributed by atoms with E-state index in [9.17, 15) is 9.59 Å². The highest BCUT2D eigenvalue weighted by Gasteiger charge is 2.25. The highest BCUT2D eigenvalue weighted by Crippen LogP contribution is 2.38. The van der Waals surface area contributed by atoms with E-state index in [1.165, 1.54) is 53.6 Å². The van der Waals surface area contributed by atoms with Crippen LogP contribution in [-0.4, -0.2) is 46.2 Å². The summed E-state index contributed by atoms with van der Waals surface area (Å²) in [5, 5.41) is 10.7. The van der Waals surface area contributed by atoms with Crippen LogP contribution in [0.4, 0.5) is 11.4 Å². The maximum absolute atomic E-state index is 12.7. The number of azo groups is 1. The summed E-state index contributed by atoms with van der Waals surface area (Å²) in [7, 11) is 5.79. The lowest BCUT2D eigenvalue weighted by atomic mass is 10.2. The van der Waals surface area contributed by atoms with Crippen molar-refractivity contribution in [2.45, 2.75) is 13.0 Å². The van der Waals surface area contributed by atoms with Gasteiger partial charge >= 0.3 is 0 Å². The van der Waals surface area contributed by atoms with Crippen molar-refractivity contribution >= 4 is 46.3 Å². The van der Waals surface area contributed by atoms with E-state index in [1.54, 1.807) is 6.07 Å². The molecule has 9 nitrogen and oxygen atoms in total. The summed E-state index contributed by atoms with van der Waals surface area (Å²) < 4.78 is 20.7. The Morgan fingerprint density at radius 1 is 0.903 bits per heavy atom. The van der Waals surface area contributed by atoms with Crippen LogP contribution in [0.2, 0.25) is 10.0 Å². The predicted molar refractivity (Wildman–Crippen MR) is 117 cm³/mol. The van der Waals surface area contributed by atoms with Crippen molar-refractivity contribution in [3.05, 3.63) is 34.3 Å². The maximum Gasteiger partial charge on any atom is 0.258 e. The number of ether oxygens (including phenoxy) is 4. The summed E-state index contributed by atoms with van der Waals surface area (Å²) in [6, 6.07) is 4.56. The molecule has 1 N–H and O–H groups in total. The zero-order valence-electron chi connectivity index (χ0n) is 17.5. The molecular formula is C20H21Cl2N3O6. The van der Waals surface area contributed by atoms with Crippen LogP contribution < -0.4 is 24.3 Å². The van der Waals surface area contributed by atoms with Gasteiger partial charge in [-0.15, -0.1) is 0 Å². The second-order valence-corrected chi connectivity index (χ2v) is 6.85. The minimum absolute atomic E-state index is 0.138. The van der Waals surface area contributed by atoms with Gasteiger partial charge in [-0.2, -0.15) is 10.2 Å². The van der Waals surface area contributed by atoms with Crippen molar-refractivity contribution < 1.29 is 28.5 Å². The van der Waals surface area contributed by atoms with Crippen molar-refractivity contribution in [1.82, 2.24) is 0 Å². The Balaban J connectivity index is 2.33. The topological polar surface area (TPSA) is 108 Å². The van der Waals surface area contributed by atoms with Gasteiger partial charge in [0.25, 0.3) is 5.91 Å². The van der Waals surface area contributed by atoms with Crippen LogP contribution in [-0.2, 0) is 9.59 Å². The summed E-state index contributed by atoms with van der Waals surface area (Å²) in [5.74, 6) is 0.159. The monoisotopic (exact) mass is 469 g/mol. The summed E-state index contributed by atoms with van der Waals surface area (Å²) in [5.41, 5.74) is 0.382. The van der Waals surface area contributed by atoms with Crippen molar-refractivity contribution in [2.24, 2.45) is 10.2 Å². The van der Waals surface area contributed by atoms with E-state index in [1.807, 2.05) is 0 Å². The standard InChI is InChI=1S/C20H21Cl2N3O6/c1-10(26)19(25-24-13-9-16(30-4)15(29-3)8-12(13)21)20(27)23-14-6-11(28-2)7-17(31-5)18(14)22/h6-9,19H,1-5H3,(H,23,27). The average Bonchev–Trinajstić information content (AvgIpc) is 2.75. The lowest BCUT2D eigenvalue weighted by Gasteiger charge is -2.14. The summed E-state index contributed by atoms with van der Waals surface area (Å²) in [4.78, 5) is 24.8. The largest absolute Gasteiger partial charge is 0.497 e. The number of Topliss-reactive ketones (excluding diaryl/α,β-unsaturated/α-hetero) is 1. The molecule has 0 spiro atoms. The maximum atomic E-state index is 12.7. The predicted octanol–water partition coefficient (Wildman–Crippen LogP) is 4.71. The molecule has 1 unspecified atom stereocenters. The first-order chi connectivity index (χ1) is 14.7. The van der Waals surface area contributed by atoms with Crippen LogP contribution in [0.3, 0.4) is 0 Å². The van der Waals surface area contributed by atoms with E-state index in [0.717, 1.165) is 0 Å². The van der Waals surface area contributed by atoms with Gasteiger partial charge in [0.05, 0.1) is 39.1 Å². The Kier molecular flexibility index (Phi) is 8.47. The SMILES string of the molecule is COc1cc(NC(=O)C(N=Nc2cc(OC)c(OC)cc2Cl)C(C)=O)c(Cl)c(OC)c1. The number of rotatable bonds is 9. The van der Waals surface area contributed by atoms with Gasteiger partial charge < -0.3 is 24.3 Å². The van der Waals surface area contributed by atoms with E-state index >= 15 is 0 Å². The zero-order chi connectivity index (χ0) is 23.1. The van der Waals surface area contributed by atoms with Gasteiger partial charge in [-0.3, -0.25) is 9.59 Å². The van der Waals surface area contributed by atoms with Gasteiger partial charge in [0.2, 0.25) is 6.04 Å². The van der Waals surface area contributed by atoms with Crippen molar-refractivity contribution in [3.63, 3.8) is 0 Å². The lowest BCUT2D eigenvalue weighted by Crippen LogP contribution is -2.32. The first kappa shape index (κ1) is 24.2. The first-order valence-corrected chi connectivity index (χ1v) is 9.56. The minimum Gasteiger partial charge on any atom is -0.497 e. The van der Waals surface area contributed by atoms with Crippen molar-refractivity contribution in [1.29, 1.82) is 0 Å². The Morgan fingerprint density at radius 3 is 2.06 bits per heavy atom. The Bertz CT molecular complexity index is 1010. The fraction of sp³-hybridized carbons (Fsp3) is 0.300. The lowest BCUT2D eigenvalue weighted by molar-refractivity contribution is -0.126. The average molecular weight is 470 g/mol. The summed E-state index contributed by atoms with van der Waals surface area (Å²) in [6.45, 7) is 1.22. The third kappa shape index (κ3) is 5.77. The Morgan fingerprint density at radius 2 is 1.52 bits per heavy atom. The molecule has 0 fully saturated rings. The van der Waals surface area contributed by atoms with E-state index in [4.69, 9.17) is 42.1 Å². The fourth-order valence-electron chi connectivity index (χ4n) is 2.49. The Hall–Kier alpha value is -3.04. The molecule has 0 heterocycles. The molecule has 0 aliphatic carbocycles. The summed E-state index contributed by atoms with van der Waals surface area (Å²) in [6.07, 6.45) is 0. The number of nitrogens with zero attached hydrogens (tertiary/aromatic N) is 2. The molecule has 0 saturated heterocycles. The highest BCUT2D eigenvalue weighted by atomic mass is 35.5. The number of hydrogen-bond acceptors (Lipinski definition) is 8. The van der Waals surface area contributed by atoms with Gasteiger partial charge in [0, 0.05) is 24.3 Å². The fourth-order valence-corrected chi connectivity index (χ4v) is 2.91. The number of carbonyl (C=O) groups is 2. The van der Waals surface area contributed by atoms with Gasteiger partial charge in [0.15, 0.2) is 17.3 Å². The van der Waals surface area contributed by atoms with Crippen molar-refractivity contribution in [2.75, 3.05) is 33.8 Å². The molecule has 166 valence electrons. The number of anilines is 1. The molecule has 0 aliphatic rings. The third-order valence-corrected chi connectivity index (χ3v) is 4.79. The smallest absolute Gasteiger partial charge is 0.258 e. The van der Waals surface area contributed by atoms with E-state index in [0.29, 0.717) is 17.2 Å². The van der Waals surface area contributed by atoms with Crippen LogP contribution in [0.1, 0.15) is 6.92 Å². The van der Waals surface area contributed by atoms with E-state index in [-0.39, 0.29) is 27.2 Å². The molecule has 2 aromatic rings. The van der Waals surface area contributed by atoms with Gasteiger partial charge in [-0.1, -0.05) is 23.2 Å². The number of benzene rings is 2. The number of ketones is 1. The number of carbonyl (C=O) groups excluding carboxylic acids is 2. The van der Waals surface area contributed by atoms with Crippen LogP contribution in [0.5, 0.6) is 23.0 Å². The quantitative estimate of drug-likeness (QED) is 0.420. The van der Waals surface area contributed by atoms with Crippen LogP contribution >= 0.6 is 23.2 Å². The molecule has 0 aromatic heterocycles. The van der Waals surface area contributed by atoms with Crippen LogP contribution in [0, 0.1) is 0 Å².